The highest BCUT2D eigenvalue weighted by atomic mass is 16.1. The van der Waals surface area contributed by atoms with Crippen molar-refractivity contribution in [3.8, 4) is 0 Å². The van der Waals surface area contributed by atoms with Crippen molar-refractivity contribution in [2.24, 2.45) is 19.8 Å². The number of fused-ring (bicyclic) bond motifs is 1. The second-order valence-corrected chi connectivity index (χ2v) is 5.25. The van der Waals surface area contributed by atoms with Gasteiger partial charge >= 0.3 is 5.69 Å². The molecule has 0 aliphatic carbocycles. The lowest BCUT2D eigenvalue weighted by Crippen LogP contribution is -2.19. The Bertz CT molecular complexity index is 624. The quantitative estimate of drug-likeness (QED) is 0.841. The maximum atomic E-state index is 11.9. The molecule has 0 aliphatic heterocycles. The number of aromatic nitrogens is 2. The number of hydrogen-bond donors (Lipinski definition) is 1. The molecule has 0 saturated carbocycles. The molecule has 4 heteroatoms. The van der Waals surface area contributed by atoms with Crippen molar-refractivity contribution < 1.29 is 0 Å². The van der Waals surface area contributed by atoms with Crippen LogP contribution in [0.25, 0.3) is 11.0 Å². The van der Waals surface area contributed by atoms with Crippen LogP contribution in [0.1, 0.15) is 44.2 Å². The minimum atomic E-state index is 0.00621. The Balaban J connectivity index is 2.31. The van der Waals surface area contributed by atoms with E-state index in [2.05, 4.69) is 6.92 Å². The molecule has 1 unspecified atom stereocenters. The summed E-state index contributed by atoms with van der Waals surface area (Å²) < 4.78 is 3.35. The Morgan fingerprint density at radius 1 is 1.16 bits per heavy atom. The predicted molar refractivity (Wildman–Crippen MR) is 79.2 cm³/mol. The first kappa shape index (κ1) is 13.9. The van der Waals surface area contributed by atoms with E-state index in [1.54, 1.807) is 23.2 Å². The van der Waals surface area contributed by atoms with Crippen LogP contribution in [0, 0.1) is 0 Å². The van der Waals surface area contributed by atoms with Crippen molar-refractivity contribution in [3.63, 3.8) is 0 Å². The van der Waals surface area contributed by atoms with E-state index >= 15 is 0 Å². The molecular formula is C15H23N3O. The topological polar surface area (TPSA) is 52.9 Å². The van der Waals surface area contributed by atoms with Gasteiger partial charge in [0.2, 0.25) is 0 Å². The van der Waals surface area contributed by atoms with E-state index in [4.69, 9.17) is 5.73 Å². The number of unbranched alkanes of at least 4 members (excludes halogenated alkanes) is 2. The van der Waals surface area contributed by atoms with E-state index in [1.807, 2.05) is 18.2 Å². The SMILES string of the molecule is CCCCCC(N)c1ccc2c(c1)n(C)c(=O)n2C. The Kier molecular flexibility index (Phi) is 4.10. The van der Waals surface area contributed by atoms with Gasteiger partial charge < -0.3 is 5.73 Å². The summed E-state index contributed by atoms with van der Waals surface area (Å²) in [6.07, 6.45) is 4.59. The molecule has 0 radical (unpaired) electrons. The van der Waals surface area contributed by atoms with Crippen LogP contribution in [0.5, 0.6) is 0 Å². The minimum Gasteiger partial charge on any atom is -0.324 e. The fourth-order valence-electron chi connectivity index (χ4n) is 2.54. The highest BCUT2D eigenvalue weighted by molar-refractivity contribution is 5.77. The van der Waals surface area contributed by atoms with Crippen LogP contribution in [0.4, 0.5) is 0 Å². The Morgan fingerprint density at radius 3 is 2.53 bits per heavy atom. The summed E-state index contributed by atoms with van der Waals surface area (Å²) in [6, 6.07) is 6.14. The molecular weight excluding hydrogens is 238 g/mol. The average molecular weight is 261 g/mol. The molecule has 4 nitrogen and oxygen atoms in total. The zero-order valence-electron chi connectivity index (χ0n) is 12.0. The first-order valence-electron chi connectivity index (χ1n) is 6.97. The second kappa shape index (κ2) is 5.61. The van der Waals surface area contributed by atoms with Crippen LogP contribution in [0.3, 0.4) is 0 Å². The van der Waals surface area contributed by atoms with Crippen molar-refractivity contribution >= 4 is 11.0 Å². The van der Waals surface area contributed by atoms with E-state index in [-0.39, 0.29) is 11.7 Å². The summed E-state index contributed by atoms with van der Waals surface area (Å²) >= 11 is 0. The highest BCUT2D eigenvalue weighted by Gasteiger charge is 2.11. The van der Waals surface area contributed by atoms with E-state index in [1.165, 1.54) is 12.8 Å². The van der Waals surface area contributed by atoms with Crippen LogP contribution in [-0.4, -0.2) is 9.13 Å². The second-order valence-electron chi connectivity index (χ2n) is 5.25. The lowest BCUT2D eigenvalue weighted by molar-refractivity contribution is 0.581. The average Bonchev–Trinajstić information content (AvgIpc) is 2.64. The van der Waals surface area contributed by atoms with E-state index < -0.39 is 0 Å². The smallest absolute Gasteiger partial charge is 0.324 e. The summed E-state index contributed by atoms with van der Waals surface area (Å²) in [5.41, 5.74) is 9.26. The molecule has 2 N–H and O–H groups in total. The summed E-state index contributed by atoms with van der Waals surface area (Å²) in [7, 11) is 3.60. The summed E-state index contributed by atoms with van der Waals surface area (Å²) in [5, 5.41) is 0. The Morgan fingerprint density at radius 2 is 1.84 bits per heavy atom. The number of imidazole rings is 1. The van der Waals surface area contributed by atoms with Crippen LogP contribution in [0.15, 0.2) is 23.0 Å². The molecule has 0 bridgehead atoms. The van der Waals surface area contributed by atoms with Gasteiger partial charge in [-0.15, -0.1) is 0 Å². The summed E-state index contributed by atoms with van der Waals surface area (Å²) in [5.74, 6) is 0. The van der Waals surface area contributed by atoms with Crippen molar-refractivity contribution in [1.29, 1.82) is 0 Å². The monoisotopic (exact) mass is 261 g/mol. The van der Waals surface area contributed by atoms with Crippen LogP contribution in [-0.2, 0) is 14.1 Å². The molecule has 0 saturated heterocycles. The number of aryl methyl sites for hydroxylation is 2. The van der Waals surface area contributed by atoms with Gasteiger partial charge in [-0.2, -0.15) is 0 Å². The number of rotatable bonds is 5. The number of nitrogens with zero attached hydrogens (tertiary/aromatic N) is 2. The molecule has 0 amide bonds. The van der Waals surface area contributed by atoms with Crippen LogP contribution >= 0.6 is 0 Å². The maximum absolute atomic E-state index is 11.9. The van der Waals surface area contributed by atoms with Crippen molar-refractivity contribution in [2.45, 2.75) is 38.6 Å². The predicted octanol–water partition coefficient (Wildman–Crippen LogP) is 2.46. The molecule has 2 aromatic rings. The standard InChI is InChI=1S/C15H23N3O/c1-4-5-6-7-12(16)11-8-9-13-14(10-11)18(3)15(19)17(13)2/h8-10,12H,4-7,16H2,1-3H3. The summed E-state index contributed by atoms with van der Waals surface area (Å²) in [4.78, 5) is 11.9. The van der Waals surface area contributed by atoms with Crippen molar-refractivity contribution in [1.82, 2.24) is 9.13 Å². The lowest BCUT2D eigenvalue weighted by atomic mass is 10.0. The lowest BCUT2D eigenvalue weighted by Gasteiger charge is -2.12. The number of benzene rings is 1. The van der Waals surface area contributed by atoms with Crippen LogP contribution in [0.2, 0.25) is 0 Å². The molecule has 19 heavy (non-hydrogen) atoms. The van der Waals surface area contributed by atoms with Gasteiger partial charge in [-0.1, -0.05) is 32.3 Å². The normalized spacial score (nSPS) is 13.1. The van der Waals surface area contributed by atoms with Gasteiger partial charge in [0.15, 0.2) is 0 Å². The molecule has 1 aromatic heterocycles. The molecule has 0 aliphatic rings. The zero-order chi connectivity index (χ0) is 14.0. The van der Waals surface area contributed by atoms with Gasteiger partial charge in [0, 0.05) is 20.1 Å². The fourth-order valence-corrected chi connectivity index (χ4v) is 2.54. The van der Waals surface area contributed by atoms with Gasteiger partial charge in [0.05, 0.1) is 11.0 Å². The Labute approximate surface area is 113 Å². The third-order valence-electron chi connectivity index (χ3n) is 3.84. The molecule has 1 heterocycles. The molecule has 104 valence electrons. The molecule has 0 spiro atoms. The van der Waals surface area contributed by atoms with E-state index in [9.17, 15) is 4.79 Å². The van der Waals surface area contributed by atoms with E-state index in [0.29, 0.717) is 0 Å². The summed E-state index contributed by atoms with van der Waals surface area (Å²) in [6.45, 7) is 2.19. The van der Waals surface area contributed by atoms with Gasteiger partial charge in [-0.25, -0.2) is 4.79 Å². The van der Waals surface area contributed by atoms with Gasteiger partial charge in [-0.05, 0) is 24.1 Å². The Hall–Kier alpha value is -1.55. The largest absolute Gasteiger partial charge is 0.328 e. The van der Waals surface area contributed by atoms with Gasteiger partial charge in [0.25, 0.3) is 0 Å². The first-order valence-corrected chi connectivity index (χ1v) is 6.97. The first-order chi connectivity index (χ1) is 9.06. The van der Waals surface area contributed by atoms with Gasteiger partial charge in [0.1, 0.15) is 0 Å². The highest BCUT2D eigenvalue weighted by Crippen LogP contribution is 2.21. The third kappa shape index (κ3) is 2.59. The number of nitrogens with two attached hydrogens (primary N) is 1. The molecule has 0 fully saturated rings. The van der Waals surface area contributed by atoms with Crippen LogP contribution < -0.4 is 11.4 Å². The minimum absolute atomic E-state index is 0.00621. The molecule has 1 atom stereocenters. The third-order valence-corrected chi connectivity index (χ3v) is 3.84. The maximum Gasteiger partial charge on any atom is 0.328 e. The zero-order valence-corrected chi connectivity index (χ0v) is 12.0. The van der Waals surface area contributed by atoms with E-state index in [0.717, 1.165) is 29.4 Å². The molecule has 2 rings (SSSR count). The van der Waals surface area contributed by atoms with Gasteiger partial charge in [-0.3, -0.25) is 9.13 Å². The number of hydrogen-bond acceptors (Lipinski definition) is 2. The van der Waals surface area contributed by atoms with Crippen molar-refractivity contribution in [3.05, 3.63) is 34.2 Å². The van der Waals surface area contributed by atoms with Crippen molar-refractivity contribution in [2.75, 3.05) is 0 Å². The molecule has 1 aromatic carbocycles. The fraction of sp³-hybridized carbons (Fsp3) is 0.533.